The van der Waals surface area contributed by atoms with E-state index < -0.39 is 0 Å². The lowest BCUT2D eigenvalue weighted by Crippen LogP contribution is -2.50. The Morgan fingerprint density at radius 3 is 2.67 bits per heavy atom. The first-order valence-corrected chi connectivity index (χ1v) is 12.5. The van der Waals surface area contributed by atoms with E-state index in [1.807, 2.05) is 44.2 Å². The molecule has 7 heteroatoms. The largest absolute Gasteiger partial charge is 0.472 e. The molecule has 0 unspecified atom stereocenters. The SMILES string of the molecule is CC(C)CC#Cc1cnc2c(c1)C(=O)N([C@@H](C)CO)C[C@H](C)[C@@H](CN(C)C(=O)Cc1ccccc1)O2. The number of ether oxygens (including phenoxy) is 1. The molecule has 1 aromatic carbocycles. The second kappa shape index (κ2) is 12.5. The van der Waals surface area contributed by atoms with Crippen molar-refractivity contribution in [1.29, 1.82) is 0 Å². The van der Waals surface area contributed by atoms with Crippen molar-refractivity contribution in [2.45, 2.75) is 52.7 Å². The molecule has 1 aromatic heterocycles. The number of aliphatic hydroxyl groups excluding tert-OH is 1. The van der Waals surface area contributed by atoms with E-state index in [9.17, 15) is 14.7 Å². The molecule has 1 aliphatic rings. The summed E-state index contributed by atoms with van der Waals surface area (Å²) in [6.45, 7) is 8.58. The first-order valence-electron chi connectivity index (χ1n) is 12.5. The molecule has 0 radical (unpaired) electrons. The van der Waals surface area contributed by atoms with E-state index in [4.69, 9.17) is 4.74 Å². The maximum Gasteiger partial charge on any atom is 0.259 e. The van der Waals surface area contributed by atoms with Crippen LogP contribution in [0.15, 0.2) is 42.6 Å². The van der Waals surface area contributed by atoms with Crippen LogP contribution in [0.2, 0.25) is 0 Å². The van der Waals surface area contributed by atoms with E-state index in [2.05, 4.69) is 30.7 Å². The predicted octanol–water partition coefficient (Wildman–Crippen LogP) is 3.40. The fraction of sp³-hybridized carbons (Fsp3) is 0.483. The molecule has 1 N–H and O–H groups in total. The number of pyridine rings is 1. The molecule has 36 heavy (non-hydrogen) atoms. The number of likely N-dealkylation sites (N-methyl/N-ethyl adjacent to an activating group) is 1. The van der Waals surface area contributed by atoms with Crippen LogP contribution in [-0.2, 0) is 11.2 Å². The molecule has 2 aromatic rings. The number of aromatic nitrogens is 1. The third-order valence-electron chi connectivity index (χ3n) is 6.34. The Balaban J connectivity index is 1.87. The number of amides is 2. The van der Waals surface area contributed by atoms with E-state index >= 15 is 0 Å². The average Bonchev–Trinajstić information content (AvgIpc) is 2.86. The summed E-state index contributed by atoms with van der Waals surface area (Å²) >= 11 is 0. The highest BCUT2D eigenvalue weighted by molar-refractivity contribution is 5.97. The highest BCUT2D eigenvalue weighted by Gasteiger charge is 2.34. The summed E-state index contributed by atoms with van der Waals surface area (Å²) in [7, 11) is 1.77. The number of aliphatic hydroxyl groups is 1. The maximum atomic E-state index is 13.5. The van der Waals surface area contributed by atoms with Gasteiger partial charge in [-0.25, -0.2) is 4.98 Å². The van der Waals surface area contributed by atoms with E-state index in [0.29, 0.717) is 36.6 Å². The molecule has 2 heterocycles. The Morgan fingerprint density at radius 2 is 2.00 bits per heavy atom. The number of fused-ring (bicyclic) bond motifs is 1. The number of hydrogen-bond donors (Lipinski definition) is 1. The summed E-state index contributed by atoms with van der Waals surface area (Å²) in [5, 5.41) is 9.83. The van der Waals surface area contributed by atoms with Crippen LogP contribution in [-0.4, -0.2) is 70.6 Å². The number of benzene rings is 1. The lowest BCUT2D eigenvalue weighted by Gasteiger charge is -2.37. The van der Waals surface area contributed by atoms with Crippen molar-refractivity contribution in [2.24, 2.45) is 11.8 Å². The van der Waals surface area contributed by atoms with E-state index in [1.165, 1.54) is 0 Å². The van der Waals surface area contributed by atoms with E-state index in [1.54, 1.807) is 29.1 Å². The van der Waals surface area contributed by atoms with E-state index in [0.717, 1.165) is 12.0 Å². The minimum absolute atomic E-state index is 0.0142. The van der Waals surface area contributed by atoms with Crippen LogP contribution in [0, 0.1) is 23.7 Å². The molecule has 0 saturated carbocycles. The predicted molar refractivity (Wildman–Crippen MR) is 140 cm³/mol. The Bertz CT molecular complexity index is 1110. The molecule has 0 fully saturated rings. The van der Waals surface area contributed by atoms with Gasteiger partial charge >= 0.3 is 0 Å². The normalized spacial score (nSPS) is 18.3. The van der Waals surface area contributed by atoms with Gasteiger partial charge in [0, 0.05) is 37.7 Å². The van der Waals surface area contributed by atoms with Gasteiger partial charge in [0.25, 0.3) is 5.91 Å². The quantitative estimate of drug-likeness (QED) is 0.601. The van der Waals surface area contributed by atoms with Gasteiger partial charge in [-0.1, -0.05) is 62.9 Å². The van der Waals surface area contributed by atoms with Crippen molar-refractivity contribution in [3.8, 4) is 17.7 Å². The first kappa shape index (κ1) is 27.2. The van der Waals surface area contributed by atoms with Crippen molar-refractivity contribution >= 4 is 11.8 Å². The van der Waals surface area contributed by atoms with Gasteiger partial charge in [-0.05, 0) is 24.5 Å². The zero-order chi connectivity index (χ0) is 26.2. The van der Waals surface area contributed by atoms with Crippen LogP contribution in [0.1, 0.15) is 55.6 Å². The number of carbonyl (C=O) groups excluding carboxylic acids is 2. The van der Waals surface area contributed by atoms with Gasteiger partial charge in [-0.15, -0.1) is 0 Å². The second-order valence-corrected chi connectivity index (χ2v) is 10.0. The van der Waals surface area contributed by atoms with Crippen molar-refractivity contribution in [3.63, 3.8) is 0 Å². The fourth-order valence-corrected chi connectivity index (χ4v) is 4.02. The lowest BCUT2D eigenvalue weighted by atomic mass is 9.99. The molecule has 0 saturated heterocycles. The summed E-state index contributed by atoms with van der Waals surface area (Å²) in [6.07, 6.45) is 2.28. The zero-order valence-corrected chi connectivity index (χ0v) is 21.9. The standard InChI is InChI=1S/C29H37N3O4/c1-20(2)10-9-13-24-14-25-28(30-16-24)36-26(21(3)17-32(29(25)35)22(4)19-33)18-31(5)27(34)15-23-11-7-6-8-12-23/h6-8,11-12,14,16,20-22,26,33H,10,15,17-19H2,1-5H3/t21-,22-,26+/m0/s1. The molecule has 0 bridgehead atoms. The molecule has 2 amide bonds. The third kappa shape index (κ3) is 7.08. The Kier molecular flexibility index (Phi) is 9.49. The molecule has 1 aliphatic heterocycles. The Labute approximate surface area is 214 Å². The van der Waals surface area contributed by atoms with Crippen LogP contribution in [0.5, 0.6) is 5.88 Å². The maximum absolute atomic E-state index is 13.5. The molecular formula is C29H37N3O4. The number of rotatable bonds is 7. The molecule has 192 valence electrons. The smallest absolute Gasteiger partial charge is 0.259 e. The fourth-order valence-electron chi connectivity index (χ4n) is 4.02. The Hall–Kier alpha value is -3.37. The van der Waals surface area contributed by atoms with Crippen molar-refractivity contribution in [1.82, 2.24) is 14.8 Å². The lowest BCUT2D eigenvalue weighted by molar-refractivity contribution is -0.130. The third-order valence-corrected chi connectivity index (χ3v) is 6.34. The average molecular weight is 492 g/mol. The summed E-state index contributed by atoms with van der Waals surface area (Å²) in [4.78, 5) is 34.2. The molecule has 7 nitrogen and oxygen atoms in total. The summed E-state index contributed by atoms with van der Waals surface area (Å²) in [5.41, 5.74) is 1.91. The number of carbonyl (C=O) groups is 2. The van der Waals surface area contributed by atoms with Crippen molar-refractivity contribution in [2.75, 3.05) is 26.7 Å². The van der Waals surface area contributed by atoms with Crippen LogP contribution in [0.25, 0.3) is 0 Å². The zero-order valence-electron chi connectivity index (χ0n) is 21.9. The minimum atomic E-state index is -0.389. The molecular weight excluding hydrogens is 454 g/mol. The molecule has 3 atom stereocenters. The topological polar surface area (TPSA) is 83.0 Å². The molecule has 3 rings (SSSR count). The van der Waals surface area contributed by atoms with Gasteiger partial charge < -0.3 is 19.6 Å². The molecule has 0 spiro atoms. The number of hydrogen-bond acceptors (Lipinski definition) is 5. The molecule has 0 aliphatic carbocycles. The van der Waals surface area contributed by atoms with Crippen LogP contribution in [0.4, 0.5) is 0 Å². The van der Waals surface area contributed by atoms with Crippen molar-refractivity contribution < 1.29 is 19.4 Å². The first-order chi connectivity index (χ1) is 17.2. The summed E-state index contributed by atoms with van der Waals surface area (Å²) < 4.78 is 6.29. The van der Waals surface area contributed by atoms with Gasteiger partial charge in [0.2, 0.25) is 11.8 Å². The van der Waals surface area contributed by atoms with Crippen molar-refractivity contribution in [3.05, 3.63) is 59.3 Å². The highest BCUT2D eigenvalue weighted by atomic mass is 16.5. The summed E-state index contributed by atoms with van der Waals surface area (Å²) in [6, 6.07) is 11.0. The Morgan fingerprint density at radius 1 is 1.28 bits per heavy atom. The van der Waals surface area contributed by atoms with Gasteiger partial charge in [0.15, 0.2) is 0 Å². The monoisotopic (exact) mass is 491 g/mol. The van der Waals surface area contributed by atoms with Crippen LogP contribution >= 0.6 is 0 Å². The van der Waals surface area contributed by atoms with E-state index in [-0.39, 0.29) is 42.4 Å². The number of nitrogens with zero attached hydrogens (tertiary/aromatic N) is 3. The highest BCUT2D eigenvalue weighted by Crippen LogP contribution is 2.27. The second-order valence-electron chi connectivity index (χ2n) is 10.0. The van der Waals surface area contributed by atoms with Gasteiger partial charge in [0.1, 0.15) is 11.7 Å². The van der Waals surface area contributed by atoms with Gasteiger partial charge in [-0.3, -0.25) is 9.59 Å². The summed E-state index contributed by atoms with van der Waals surface area (Å²) in [5.74, 6) is 6.54. The van der Waals surface area contributed by atoms with Crippen LogP contribution in [0.3, 0.4) is 0 Å². The van der Waals surface area contributed by atoms with Crippen LogP contribution < -0.4 is 4.74 Å². The van der Waals surface area contributed by atoms with Gasteiger partial charge in [0.05, 0.1) is 25.6 Å². The minimum Gasteiger partial charge on any atom is -0.472 e. The van der Waals surface area contributed by atoms with Gasteiger partial charge in [-0.2, -0.15) is 0 Å².